The Balaban J connectivity index is 0.00000253. The number of alkyl halides is 3. The average molecular weight is 641 g/mol. The first-order valence-electron chi connectivity index (χ1n) is 12.3. The first-order valence-corrected chi connectivity index (χ1v) is 13.0. The van der Waals surface area contributed by atoms with Crippen molar-refractivity contribution in [3.63, 3.8) is 0 Å². The molecule has 1 atom stereocenters. The second-order valence-electron chi connectivity index (χ2n) is 9.73. The van der Waals surface area contributed by atoms with Gasteiger partial charge in [0.25, 0.3) is 0 Å². The van der Waals surface area contributed by atoms with Crippen molar-refractivity contribution in [1.82, 2.24) is 10.2 Å². The summed E-state index contributed by atoms with van der Waals surface area (Å²) in [5.41, 5.74) is 9.43. The zero-order valence-corrected chi connectivity index (χ0v) is 24.6. The lowest BCUT2D eigenvalue weighted by Crippen LogP contribution is -2.57. The standard InChI is InChI=1S/C26H33BrF3N5O.2ClH/c1-35(2)24-21-7-3-4-8-22(21)33-25(31,34-24)18-10-13-20(14-11-18)32-15-5-6-17-9-12-19(27)16-23(17)36-26(28,29)30;;/h3-4,7-9,12,16,18,20,32-33H,5-6,10-11,13-15,31H2,1-2H3;2*1H. The number of nitrogens with zero attached hydrogens (tertiary/aromatic N) is 2. The van der Waals surface area contributed by atoms with Gasteiger partial charge in [-0.05, 0) is 74.9 Å². The maximum absolute atomic E-state index is 12.7. The number of amidine groups is 1. The van der Waals surface area contributed by atoms with Gasteiger partial charge in [0.15, 0.2) is 5.79 Å². The van der Waals surface area contributed by atoms with E-state index in [2.05, 4.69) is 31.3 Å². The van der Waals surface area contributed by atoms with Gasteiger partial charge in [-0.2, -0.15) is 0 Å². The lowest BCUT2D eigenvalue weighted by atomic mass is 9.81. The predicted octanol–water partition coefficient (Wildman–Crippen LogP) is 6.32. The molecule has 1 aliphatic heterocycles. The van der Waals surface area contributed by atoms with E-state index in [4.69, 9.17) is 10.7 Å². The van der Waals surface area contributed by atoms with Gasteiger partial charge in [0, 0.05) is 41.8 Å². The molecule has 4 N–H and O–H groups in total. The molecule has 1 aliphatic carbocycles. The van der Waals surface area contributed by atoms with Crippen LogP contribution >= 0.6 is 40.7 Å². The zero-order chi connectivity index (χ0) is 25.9. The van der Waals surface area contributed by atoms with E-state index in [-0.39, 0.29) is 36.5 Å². The first kappa shape index (κ1) is 32.5. The number of hydrogen-bond donors (Lipinski definition) is 3. The van der Waals surface area contributed by atoms with Gasteiger partial charge in [0.05, 0.1) is 0 Å². The summed E-state index contributed by atoms with van der Waals surface area (Å²) in [6.07, 6.45) is 0.317. The monoisotopic (exact) mass is 639 g/mol. The van der Waals surface area contributed by atoms with Crippen molar-refractivity contribution in [2.75, 3.05) is 26.0 Å². The van der Waals surface area contributed by atoms with Crippen LogP contribution in [0.2, 0.25) is 0 Å². The van der Waals surface area contributed by atoms with Gasteiger partial charge in [-0.1, -0.05) is 34.1 Å². The summed E-state index contributed by atoms with van der Waals surface area (Å²) in [5, 5.41) is 7.06. The van der Waals surface area contributed by atoms with Crippen LogP contribution in [-0.2, 0) is 6.42 Å². The topological polar surface area (TPSA) is 74.9 Å². The molecule has 0 aromatic heterocycles. The minimum absolute atomic E-state index is 0. The highest BCUT2D eigenvalue weighted by atomic mass is 79.9. The smallest absolute Gasteiger partial charge is 0.405 e. The molecule has 2 aromatic rings. The number of aliphatic imine (C=N–C) groups is 1. The van der Waals surface area contributed by atoms with E-state index in [1.165, 1.54) is 6.07 Å². The zero-order valence-electron chi connectivity index (χ0n) is 21.4. The van der Waals surface area contributed by atoms with Gasteiger partial charge in [0.2, 0.25) is 0 Å². The highest BCUT2D eigenvalue weighted by Gasteiger charge is 2.41. The van der Waals surface area contributed by atoms with Crippen molar-refractivity contribution in [3.8, 4) is 5.75 Å². The minimum atomic E-state index is -4.71. The SMILES string of the molecule is CN(C)C1=NC(N)(C2CCC(NCCCc3ccc(Br)cc3OC(F)(F)F)CC2)Nc2ccccc21.Cl.Cl. The van der Waals surface area contributed by atoms with Gasteiger partial charge in [-0.25, -0.2) is 4.99 Å². The van der Waals surface area contributed by atoms with Gasteiger partial charge in [0.1, 0.15) is 11.6 Å². The lowest BCUT2D eigenvalue weighted by molar-refractivity contribution is -0.274. The van der Waals surface area contributed by atoms with Crippen molar-refractivity contribution in [1.29, 1.82) is 0 Å². The molecule has 38 heavy (non-hydrogen) atoms. The molecule has 0 radical (unpaired) electrons. The third-order valence-corrected chi connectivity index (χ3v) is 7.37. The Bertz CT molecular complexity index is 1100. The number of ether oxygens (including phenoxy) is 1. The Hall–Kier alpha value is -1.72. The van der Waals surface area contributed by atoms with Gasteiger partial charge >= 0.3 is 6.36 Å². The van der Waals surface area contributed by atoms with E-state index in [1.54, 1.807) is 12.1 Å². The Morgan fingerprint density at radius 2 is 1.82 bits per heavy atom. The molecule has 2 aliphatic rings. The molecule has 4 rings (SSSR count). The Morgan fingerprint density at radius 3 is 2.47 bits per heavy atom. The van der Waals surface area contributed by atoms with Crippen LogP contribution in [0.1, 0.15) is 43.2 Å². The molecular weight excluding hydrogens is 606 g/mol. The average Bonchev–Trinajstić information content (AvgIpc) is 2.81. The third-order valence-electron chi connectivity index (χ3n) is 6.88. The van der Waals surface area contributed by atoms with Crippen molar-refractivity contribution in [3.05, 3.63) is 58.1 Å². The fourth-order valence-corrected chi connectivity index (χ4v) is 5.42. The summed E-state index contributed by atoms with van der Waals surface area (Å²) < 4.78 is 43.0. The van der Waals surface area contributed by atoms with Crippen molar-refractivity contribution in [2.24, 2.45) is 16.6 Å². The molecule has 0 saturated heterocycles. The predicted molar refractivity (Wildman–Crippen MR) is 155 cm³/mol. The number of para-hydroxylation sites is 1. The van der Waals surface area contributed by atoms with Crippen LogP contribution in [-0.4, -0.2) is 49.6 Å². The second kappa shape index (κ2) is 13.6. The van der Waals surface area contributed by atoms with Crippen LogP contribution in [0.3, 0.4) is 0 Å². The maximum Gasteiger partial charge on any atom is 0.573 e. The molecule has 12 heteroatoms. The molecule has 1 saturated carbocycles. The number of fused-ring (bicyclic) bond motifs is 1. The fraction of sp³-hybridized carbons (Fsp3) is 0.500. The van der Waals surface area contributed by atoms with Crippen molar-refractivity contribution in [2.45, 2.75) is 56.7 Å². The van der Waals surface area contributed by atoms with E-state index in [0.29, 0.717) is 28.9 Å². The van der Waals surface area contributed by atoms with Crippen LogP contribution in [0.4, 0.5) is 18.9 Å². The Morgan fingerprint density at radius 1 is 1.13 bits per heavy atom. The van der Waals surface area contributed by atoms with Crippen LogP contribution in [0.15, 0.2) is 51.9 Å². The van der Waals surface area contributed by atoms with E-state index in [0.717, 1.165) is 49.3 Å². The number of nitrogens with two attached hydrogens (primary N) is 1. The Labute approximate surface area is 242 Å². The summed E-state index contributed by atoms with van der Waals surface area (Å²) in [4.78, 5) is 6.95. The molecule has 0 bridgehead atoms. The largest absolute Gasteiger partial charge is 0.573 e. The molecule has 212 valence electrons. The number of nitrogens with one attached hydrogen (secondary N) is 2. The molecule has 1 fully saturated rings. The summed E-state index contributed by atoms with van der Waals surface area (Å²) in [5.74, 6) is 0.0810. The Kier molecular flexibility index (Phi) is 11.6. The van der Waals surface area contributed by atoms with Crippen molar-refractivity contribution < 1.29 is 17.9 Å². The van der Waals surface area contributed by atoms with Gasteiger partial charge in [-0.3, -0.25) is 5.73 Å². The highest BCUT2D eigenvalue weighted by Crippen LogP contribution is 2.37. The molecular formula is C26H35BrCl2F3N5O. The van der Waals surface area contributed by atoms with Crippen molar-refractivity contribution >= 4 is 52.3 Å². The summed E-state index contributed by atoms with van der Waals surface area (Å²) in [6, 6.07) is 13.2. The molecule has 0 spiro atoms. The number of anilines is 1. The molecule has 1 heterocycles. The second-order valence-corrected chi connectivity index (χ2v) is 10.6. The maximum atomic E-state index is 12.7. The number of rotatable bonds is 7. The van der Waals surface area contributed by atoms with E-state index < -0.39 is 12.1 Å². The molecule has 2 aromatic carbocycles. The van der Waals surface area contributed by atoms with E-state index in [1.807, 2.05) is 43.3 Å². The number of aryl methyl sites for hydroxylation is 1. The summed E-state index contributed by atoms with van der Waals surface area (Å²) in [7, 11) is 3.96. The van der Waals surface area contributed by atoms with Crippen LogP contribution in [0, 0.1) is 5.92 Å². The first-order chi connectivity index (χ1) is 17.0. The minimum Gasteiger partial charge on any atom is -0.405 e. The molecule has 1 unspecified atom stereocenters. The quantitative estimate of drug-likeness (QED) is 0.309. The lowest BCUT2D eigenvalue weighted by Gasteiger charge is -2.43. The van der Waals surface area contributed by atoms with E-state index in [9.17, 15) is 13.2 Å². The number of halogens is 6. The molecule has 0 amide bonds. The molecule has 6 nitrogen and oxygen atoms in total. The van der Waals surface area contributed by atoms with Crippen LogP contribution in [0.25, 0.3) is 0 Å². The third kappa shape index (κ3) is 8.14. The normalized spacial score (nSPS) is 22.7. The number of hydrogen-bond acceptors (Lipinski definition) is 6. The fourth-order valence-electron chi connectivity index (χ4n) is 5.08. The summed E-state index contributed by atoms with van der Waals surface area (Å²) >= 11 is 3.21. The van der Waals surface area contributed by atoms with Crippen LogP contribution in [0.5, 0.6) is 5.75 Å². The van der Waals surface area contributed by atoms with Crippen LogP contribution < -0.4 is 21.1 Å². The van der Waals surface area contributed by atoms with Gasteiger partial charge < -0.3 is 20.3 Å². The summed E-state index contributed by atoms with van der Waals surface area (Å²) in [6.45, 7) is 0.721. The van der Waals surface area contributed by atoms with E-state index >= 15 is 0 Å². The number of benzene rings is 2. The highest BCUT2D eigenvalue weighted by molar-refractivity contribution is 9.10. The van der Waals surface area contributed by atoms with Gasteiger partial charge in [-0.15, -0.1) is 38.0 Å².